The number of carbonyl (C=O) groups is 1. The summed E-state index contributed by atoms with van der Waals surface area (Å²) in [7, 11) is 0. The monoisotopic (exact) mass is 316 g/mol. The predicted molar refractivity (Wildman–Crippen MR) is 71.3 cm³/mol. The third kappa shape index (κ3) is 3.41. The second-order valence-corrected chi connectivity index (χ2v) is 4.29. The molecule has 0 atom stereocenters. The van der Waals surface area contributed by atoms with E-state index in [0.717, 1.165) is 0 Å². The predicted octanol–water partition coefficient (Wildman–Crippen LogP) is 2.69. The summed E-state index contributed by atoms with van der Waals surface area (Å²) in [6, 6.07) is 3.30. The zero-order valence-corrected chi connectivity index (χ0v) is 11.0. The molecule has 1 aromatic heterocycles. The number of nitrogens with zero attached hydrogens (tertiary/aromatic N) is 1. The summed E-state index contributed by atoms with van der Waals surface area (Å²) in [6.07, 6.45) is 0. The summed E-state index contributed by atoms with van der Waals surface area (Å²) in [5, 5.41) is 1.94. The lowest BCUT2D eigenvalue weighted by Crippen LogP contribution is -2.16. The molecule has 2 rings (SSSR count). The van der Waals surface area contributed by atoms with Gasteiger partial charge < -0.3 is 10.7 Å². The Morgan fingerprint density at radius 2 is 1.76 bits per heavy atom. The molecule has 5 nitrogen and oxygen atoms in total. The van der Waals surface area contributed by atoms with Crippen LogP contribution in [0.15, 0.2) is 24.3 Å². The van der Waals surface area contributed by atoms with E-state index >= 15 is 0 Å². The maximum absolute atomic E-state index is 13.4. The van der Waals surface area contributed by atoms with Crippen LogP contribution in [0.5, 0.6) is 0 Å². The topological polar surface area (TPSA) is 80.0 Å². The van der Waals surface area contributed by atoms with E-state index < -0.39 is 29.0 Å². The molecule has 0 saturated heterocycles. The van der Waals surface area contributed by atoms with E-state index in [9.17, 15) is 18.0 Å². The maximum Gasteiger partial charge on any atom is 0.256 e. The fourth-order valence-electron chi connectivity index (χ4n) is 1.55. The van der Waals surface area contributed by atoms with Crippen molar-refractivity contribution in [3.8, 4) is 0 Å². The number of rotatable bonds is 3. The van der Waals surface area contributed by atoms with Gasteiger partial charge in [-0.15, -0.1) is 0 Å². The minimum atomic E-state index is -1.24. The highest BCUT2D eigenvalue weighted by Gasteiger charge is 2.16. The van der Waals surface area contributed by atoms with Gasteiger partial charge in [-0.2, -0.15) is 0 Å². The quantitative estimate of drug-likeness (QED) is 0.462. The number of halogens is 4. The zero-order chi connectivity index (χ0) is 15.6. The van der Waals surface area contributed by atoms with Crippen LogP contribution >= 0.6 is 11.6 Å². The molecule has 0 fully saturated rings. The first-order valence-electron chi connectivity index (χ1n) is 5.51. The third-order valence-corrected chi connectivity index (χ3v) is 2.64. The summed E-state index contributed by atoms with van der Waals surface area (Å²) in [4.78, 5) is 15.7. The molecule has 1 aromatic carbocycles. The van der Waals surface area contributed by atoms with Crippen molar-refractivity contribution >= 4 is 29.0 Å². The molecule has 0 aliphatic carbocycles. The molecular weight excluding hydrogens is 309 g/mol. The minimum Gasteiger partial charge on any atom is -0.317 e. The fourth-order valence-corrected chi connectivity index (χ4v) is 1.76. The van der Waals surface area contributed by atoms with Gasteiger partial charge in [0.1, 0.15) is 22.5 Å². The number of benzene rings is 1. The van der Waals surface area contributed by atoms with Crippen molar-refractivity contribution in [2.75, 3.05) is 10.7 Å². The van der Waals surface area contributed by atoms with Gasteiger partial charge in [-0.05, 0) is 12.1 Å². The van der Waals surface area contributed by atoms with Crippen LogP contribution in [0.3, 0.4) is 0 Å². The van der Waals surface area contributed by atoms with Gasteiger partial charge in [0.05, 0.1) is 0 Å². The van der Waals surface area contributed by atoms with Gasteiger partial charge in [0.25, 0.3) is 5.91 Å². The highest BCUT2D eigenvalue weighted by molar-refractivity contribution is 6.30. The Balaban J connectivity index is 2.32. The van der Waals surface area contributed by atoms with E-state index in [1.807, 2.05) is 5.32 Å². The normalized spacial score (nSPS) is 10.3. The Kier molecular flexibility index (Phi) is 4.29. The molecule has 0 bridgehead atoms. The Labute approximate surface area is 121 Å². The number of anilines is 2. The lowest BCUT2D eigenvalue weighted by atomic mass is 10.2. The first kappa shape index (κ1) is 15.1. The summed E-state index contributed by atoms with van der Waals surface area (Å²) in [6.45, 7) is 0. The molecule has 0 spiro atoms. The Morgan fingerprint density at radius 1 is 1.14 bits per heavy atom. The fraction of sp³-hybridized carbons (Fsp3) is 0. The van der Waals surface area contributed by atoms with Crippen LogP contribution in [0.4, 0.5) is 24.7 Å². The molecule has 0 aliphatic heterocycles. The summed E-state index contributed by atoms with van der Waals surface area (Å²) >= 11 is 5.67. The Morgan fingerprint density at radius 3 is 2.33 bits per heavy atom. The summed E-state index contributed by atoms with van der Waals surface area (Å²) in [5.74, 6) is 0.802. The van der Waals surface area contributed by atoms with E-state index in [1.165, 1.54) is 12.1 Å². The van der Waals surface area contributed by atoms with E-state index in [1.54, 1.807) is 0 Å². The lowest BCUT2D eigenvalue weighted by molar-refractivity contribution is 0.102. The van der Waals surface area contributed by atoms with Crippen molar-refractivity contribution in [3.63, 3.8) is 0 Å². The molecule has 4 N–H and O–H groups in total. The van der Waals surface area contributed by atoms with Gasteiger partial charge in [0, 0.05) is 17.7 Å². The highest BCUT2D eigenvalue weighted by Crippen LogP contribution is 2.22. The van der Waals surface area contributed by atoms with Gasteiger partial charge in [-0.25, -0.2) is 24.0 Å². The number of nitrogen functional groups attached to an aromatic ring is 1. The molecule has 1 amide bonds. The smallest absolute Gasteiger partial charge is 0.256 e. The van der Waals surface area contributed by atoms with Gasteiger partial charge in [0.15, 0.2) is 11.6 Å². The first-order valence-corrected chi connectivity index (χ1v) is 5.88. The summed E-state index contributed by atoms with van der Waals surface area (Å²) < 4.78 is 39.7. The second-order valence-electron chi connectivity index (χ2n) is 3.91. The third-order valence-electron chi connectivity index (χ3n) is 2.45. The number of hydrazine groups is 1. The van der Waals surface area contributed by atoms with Crippen molar-refractivity contribution in [3.05, 3.63) is 52.4 Å². The number of hydrogen-bond donors (Lipinski definition) is 3. The van der Waals surface area contributed by atoms with Crippen LogP contribution in [0.2, 0.25) is 5.15 Å². The Hall–Kier alpha value is -2.32. The molecule has 0 aliphatic rings. The van der Waals surface area contributed by atoms with Gasteiger partial charge in [-0.3, -0.25) is 4.79 Å². The van der Waals surface area contributed by atoms with Crippen molar-refractivity contribution < 1.29 is 18.0 Å². The van der Waals surface area contributed by atoms with Crippen LogP contribution < -0.4 is 16.6 Å². The van der Waals surface area contributed by atoms with E-state index in [2.05, 4.69) is 10.4 Å². The minimum absolute atomic E-state index is 0.0360. The van der Waals surface area contributed by atoms with Crippen molar-refractivity contribution in [1.29, 1.82) is 0 Å². The number of amides is 1. The van der Waals surface area contributed by atoms with Crippen molar-refractivity contribution in [2.45, 2.75) is 0 Å². The molecule has 9 heteroatoms. The average Bonchev–Trinajstić information content (AvgIpc) is 2.41. The highest BCUT2D eigenvalue weighted by atomic mass is 35.5. The number of aromatic nitrogens is 1. The van der Waals surface area contributed by atoms with E-state index in [4.69, 9.17) is 17.4 Å². The van der Waals surface area contributed by atoms with Crippen LogP contribution in [-0.2, 0) is 0 Å². The molecule has 2 aromatic rings. The second kappa shape index (κ2) is 5.98. The molecule has 0 unspecified atom stereocenters. The molecule has 1 heterocycles. The zero-order valence-electron chi connectivity index (χ0n) is 10.3. The largest absolute Gasteiger partial charge is 0.317 e. The van der Waals surface area contributed by atoms with Crippen LogP contribution in [-0.4, -0.2) is 10.9 Å². The molecule has 110 valence electrons. The number of carbonyl (C=O) groups excluding carboxylic acids is 1. The number of pyridine rings is 1. The van der Waals surface area contributed by atoms with Crippen molar-refractivity contribution in [1.82, 2.24) is 4.98 Å². The standard InChI is InChI=1S/C12H8ClF3N4O/c13-9-1-5(2-10(18-9)20-17)12(21)19-11-7(15)3-6(14)4-8(11)16/h1-4H,17H2,(H,18,20)(H,19,21). The van der Waals surface area contributed by atoms with Gasteiger partial charge >= 0.3 is 0 Å². The van der Waals surface area contributed by atoms with E-state index in [-0.39, 0.29) is 16.5 Å². The molecule has 0 saturated carbocycles. The lowest BCUT2D eigenvalue weighted by Gasteiger charge is -2.09. The van der Waals surface area contributed by atoms with Gasteiger partial charge in [-0.1, -0.05) is 11.6 Å². The molecule has 21 heavy (non-hydrogen) atoms. The SMILES string of the molecule is NNc1cc(C(=O)Nc2c(F)cc(F)cc2F)cc(Cl)n1. The van der Waals surface area contributed by atoms with E-state index in [0.29, 0.717) is 12.1 Å². The maximum atomic E-state index is 13.4. The van der Waals surface area contributed by atoms with Crippen LogP contribution in [0.1, 0.15) is 10.4 Å². The Bertz CT molecular complexity index is 688. The van der Waals surface area contributed by atoms with Crippen LogP contribution in [0, 0.1) is 17.5 Å². The average molecular weight is 317 g/mol. The van der Waals surface area contributed by atoms with Crippen LogP contribution in [0.25, 0.3) is 0 Å². The number of nitrogens with one attached hydrogen (secondary N) is 2. The van der Waals surface area contributed by atoms with Crippen molar-refractivity contribution in [2.24, 2.45) is 5.84 Å². The number of hydrogen-bond acceptors (Lipinski definition) is 4. The molecular formula is C12H8ClF3N4O. The first-order chi connectivity index (χ1) is 9.90. The van der Waals surface area contributed by atoms with Gasteiger partial charge in [0.2, 0.25) is 0 Å². The summed E-state index contributed by atoms with van der Waals surface area (Å²) in [5.41, 5.74) is 1.38. The number of nitrogens with two attached hydrogens (primary N) is 1. The molecule has 0 radical (unpaired) electrons.